The van der Waals surface area contributed by atoms with Gasteiger partial charge in [0.05, 0.1) is 6.42 Å². The van der Waals surface area contributed by atoms with Gasteiger partial charge in [-0.3, -0.25) is 4.79 Å². The number of aryl methyl sites for hydroxylation is 1. The molecule has 1 aromatic carbocycles. The molecule has 0 spiro atoms. The zero-order valence-electron chi connectivity index (χ0n) is 10.8. The number of carboxylic acid groups (broad SMARTS) is 1. The van der Waals surface area contributed by atoms with Crippen molar-refractivity contribution in [1.82, 2.24) is 4.57 Å². The van der Waals surface area contributed by atoms with E-state index in [1.165, 1.54) is 23.2 Å². The van der Waals surface area contributed by atoms with E-state index < -0.39 is 5.97 Å². The van der Waals surface area contributed by atoms with Crippen molar-refractivity contribution in [1.29, 1.82) is 0 Å². The van der Waals surface area contributed by atoms with Crippen LogP contribution in [0.3, 0.4) is 0 Å². The smallest absolute Gasteiger partial charge is 0.309 e. The molecular weight excluding hydrogens is 238 g/mol. The van der Waals surface area contributed by atoms with Gasteiger partial charge in [-0.2, -0.15) is 0 Å². The number of fused-ring (bicyclic) bond motifs is 1. The van der Waals surface area contributed by atoms with Gasteiger partial charge >= 0.3 is 5.97 Å². The standard InChI is InChI=1S/C16H17NO2/c18-16(19)10-14-9-13-7-4-8-15(13)17(14)11-12-5-2-1-3-6-12/h1-3,5-6,9H,4,7-8,10-11H2,(H,18,19). The maximum Gasteiger partial charge on any atom is 0.309 e. The molecule has 3 heteroatoms. The molecule has 3 rings (SSSR count). The summed E-state index contributed by atoms with van der Waals surface area (Å²) in [6, 6.07) is 12.3. The molecule has 0 amide bonds. The molecule has 3 nitrogen and oxygen atoms in total. The first-order valence-corrected chi connectivity index (χ1v) is 6.70. The SMILES string of the molecule is O=C(O)Cc1cc2c(n1Cc1ccccc1)CCC2. The molecule has 1 aliphatic carbocycles. The summed E-state index contributed by atoms with van der Waals surface area (Å²) in [5.74, 6) is -0.759. The minimum atomic E-state index is -0.759. The molecule has 1 N–H and O–H groups in total. The fraction of sp³-hybridized carbons (Fsp3) is 0.312. The number of aromatic nitrogens is 1. The van der Waals surface area contributed by atoms with Crippen molar-refractivity contribution in [3.05, 3.63) is 58.9 Å². The Hall–Kier alpha value is -2.03. The molecule has 0 saturated carbocycles. The predicted molar refractivity (Wildman–Crippen MR) is 73.3 cm³/mol. The molecular formula is C16H17NO2. The zero-order chi connectivity index (χ0) is 13.2. The molecule has 0 bridgehead atoms. The fourth-order valence-electron chi connectivity index (χ4n) is 2.93. The lowest BCUT2D eigenvalue weighted by molar-refractivity contribution is -0.136. The Morgan fingerprint density at radius 1 is 1.21 bits per heavy atom. The third-order valence-corrected chi connectivity index (χ3v) is 3.76. The monoisotopic (exact) mass is 255 g/mol. The van der Waals surface area contributed by atoms with Gasteiger partial charge in [0.25, 0.3) is 0 Å². The van der Waals surface area contributed by atoms with Gasteiger partial charge in [-0.1, -0.05) is 30.3 Å². The van der Waals surface area contributed by atoms with Crippen molar-refractivity contribution < 1.29 is 9.90 Å². The first-order chi connectivity index (χ1) is 9.24. The Morgan fingerprint density at radius 3 is 2.74 bits per heavy atom. The lowest BCUT2D eigenvalue weighted by Gasteiger charge is -2.12. The molecule has 2 aromatic rings. The van der Waals surface area contributed by atoms with Gasteiger partial charge in [-0.15, -0.1) is 0 Å². The van der Waals surface area contributed by atoms with Gasteiger partial charge in [-0.05, 0) is 36.5 Å². The normalized spacial score (nSPS) is 13.5. The molecule has 1 aliphatic rings. The summed E-state index contributed by atoms with van der Waals surface area (Å²) >= 11 is 0. The van der Waals surface area contributed by atoms with E-state index in [1.807, 2.05) is 18.2 Å². The molecule has 98 valence electrons. The first kappa shape index (κ1) is 12.0. The Kier molecular flexibility index (Phi) is 3.11. The number of benzene rings is 1. The second-order valence-electron chi connectivity index (χ2n) is 5.10. The molecule has 19 heavy (non-hydrogen) atoms. The molecule has 1 aromatic heterocycles. The molecule has 0 radical (unpaired) electrons. The average Bonchev–Trinajstić information content (AvgIpc) is 2.94. The van der Waals surface area contributed by atoms with Gasteiger partial charge in [-0.25, -0.2) is 0 Å². The Labute approximate surface area is 112 Å². The van der Waals surface area contributed by atoms with Gasteiger partial charge in [0, 0.05) is 17.9 Å². The Morgan fingerprint density at radius 2 is 2.00 bits per heavy atom. The zero-order valence-corrected chi connectivity index (χ0v) is 10.8. The molecule has 0 atom stereocenters. The molecule has 0 aliphatic heterocycles. The van der Waals surface area contributed by atoms with Crippen LogP contribution in [0.15, 0.2) is 36.4 Å². The second-order valence-corrected chi connectivity index (χ2v) is 5.10. The van der Waals surface area contributed by atoms with Gasteiger partial charge < -0.3 is 9.67 Å². The Bertz CT molecular complexity index is 599. The van der Waals surface area contributed by atoms with Crippen LogP contribution in [0.5, 0.6) is 0 Å². The maximum atomic E-state index is 11.0. The van der Waals surface area contributed by atoms with Crippen molar-refractivity contribution in [2.45, 2.75) is 32.2 Å². The molecule has 1 heterocycles. The summed E-state index contributed by atoms with van der Waals surface area (Å²) in [7, 11) is 0. The van der Waals surface area contributed by atoms with E-state index in [9.17, 15) is 4.79 Å². The number of rotatable bonds is 4. The number of aliphatic carboxylic acids is 1. The topological polar surface area (TPSA) is 42.2 Å². The summed E-state index contributed by atoms with van der Waals surface area (Å²) in [4.78, 5) is 11.0. The largest absolute Gasteiger partial charge is 0.481 e. The van der Waals surface area contributed by atoms with Gasteiger partial charge in [0.1, 0.15) is 0 Å². The van der Waals surface area contributed by atoms with Crippen LogP contribution in [0.2, 0.25) is 0 Å². The molecule has 0 fully saturated rings. The highest BCUT2D eigenvalue weighted by Crippen LogP contribution is 2.27. The van der Waals surface area contributed by atoms with Crippen molar-refractivity contribution in [3.63, 3.8) is 0 Å². The van der Waals surface area contributed by atoms with Crippen molar-refractivity contribution in [3.8, 4) is 0 Å². The minimum absolute atomic E-state index is 0.111. The summed E-state index contributed by atoms with van der Waals surface area (Å²) in [5, 5.41) is 9.03. The number of hydrogen-bond donors (Lipinski definition) is 1. The van der Waals surface area contributed by atoms with Crippen molar-refractivity contribution >= 4 is 5.97 Å². The van der Waals surface area contributed by atoms with Crippen LogP contribution in [-0.2, 0) is 30.6 Å². The van der Waals surface area contributed by atoms with Crippen LogP contribution < -0.4 is 0 Å². The summed E-state index contributed by atoms with van der Waals surface area (Å²) in [6.07, 6.45) is 3.46. The lowest BCUT2D eigenvalue weighted by atomic mass is 10.2. The molecule has 0 saturated heterocycles. The summed E-state index contributed by atoms with van der Waals surface area (Å²) in [6.45, 7) is 0.777. The predicted octanol–water partition coefficient (Wildman–Crippen LogP) is 2.65. The number of nitrogens with zero attached hydrogens (tertiary/aromatic N) is 1. The van der Waals surface area contributed by atoms with Gasteiger partial charge in [0.15, 0.2) is 0 Å². The van der Waals surface area contributed by atoms with E-state index in [-0.39, 0.29) is 6.42 Å². The molecule has 0 unspecified atom stereocenters. The number of carboxylic acids is 1. The van der Waals surface area contributed by atoms with Crippen LogP contribution in [-0.4, -0.2) is 15.6 Å². The lowest BCUT2D eigenvalue weighted by Crippen LogP contribution is -2.11. The third kappa shape index (κ3) is 2.41. The fourth-order valence-corrected chi connectivity index (χ4v) is 2.93. The van der Waals surface area contributed by atoms with Crippen molar-refractivity contribution in [2.75, 3.05) is 0 Å². The van der Waals surface area contributed by atoms with Crippen LogP contribution >= 0.6 is 0 Å². The van der Waals surface area contributed by atoms with E-state index in [1.54, 1.807) is 0 Å². The quantitative estimate of drug-likeness (QED) is 0.912. The highest BCUT2D eigenvalue weighted by Gasteiger charge is 2.20. The first-order valence-electron chi connectivity index (χ1n) is 6.70. The number of carbonyl (C=O) groups is 1. The maximum absolute atomic E-state index is 11.0. The van der Waals surface area contributed by atoms with Crippen LogP contribution in [0.1, 0.15) is 28.9 Å². The van der Waals surface area contributed by atoms with Crippen LogP contribution in [0.25, 0.3) is 0 Å². The van der Waals surface area contributed by atoms with Crippen LogP contribution in [0, 0.1) is 0 Å². The second kappa shape index (κ2) is 4.92. The van der Waals surface area contributed by atoms with Crippen LogP contribution in [0.4, 0.5) is 0 Å². The summed E-state index contributed by atoms with van der Waals surface area (Å²) < 4.78 is 2.20. The minimum Gasteiger partial charge on any atom is -0.481 e. The van der Waals surface area contributed by atoms with E-state index in [0.717, 1.165) is 25.1 Å². The van der Waals surface area contributed by atoms with E-state index in [2.05, 4.69) is 22.8 Å². The van der Waals surface area contributed by atoms with E-state index in [0.29, 0.717) is 0 Å². The Balaban J connectivity index is 1.96. The highest BCUT2D eigenvalue weighted by atomic mass is 16.4. The third-order valence-electron chi connectivity index (χ3n) is 3.76. The summed E-state index contributed by atoms with van der Waals surface area (Å²) in [5.41, 5.74) is 4.83. The number of hydrogen-bond acceptors (Lipinski definition) is 1. The van der Waals surface area contributed by atoms with E-state index >= 15 is 0 Å². The van der Waals surface area contributed by atoms with Gasteiger partial charge in [0.2, 0.25) is 0 Å². The van der Waals surface area contributed by atoms with Crippen molar-refractivity contribution in [2.24, 2.45) is 0 Å². The average molecular weight is 255 g/mol. The highest BCUT2D eigenvalue weighted by molar-refractivity contribution is 5.70. The van der Waals surface area contributed by atoms with E-state index in [4.69, 9.17) is 5.11 Å².